The van der Waals surface area contributed by atoms with Gasteiger partial charge in [-0.3, -0.25) is 4.79 Å². The van der Waals surface area contributed by atoms with Crippen LogP contribution in [0.3, 0.4) is 0 Å². The molecule has 3 rings (SSSR count). The van der Waals surface area contributed by atoms with Crippen LogP contribution >= 0.6 is 15.9 Å². The zero-order valence-electron chi connectivity index (χ0n) is 17.0. The Hall–Kier alpha value is -2.47. The summed E-state index contributed by atoms with van der Waals surface area (Å²) in [7, 11) is 0. The summed E-state index contributed by atoms with van der Waals surface area (Å²) in [6.07, 6.45) is -0.227. The fourth-order valence-corrected chi connectivity index (χ4v) is 4.06. The number of hydrogen-bond donors (Lipinski definition) is 0. The summed E-state index contributed by atoms with van der Waals surface area (Å²) in [6.45, 7) is 6.78. The molecule has 0 radical (unpaired) electrons. The summed E-state index contributed by atoms with van der Waals surface area (Å²) in [5.74, 6) is -0.410. The highest BCUT2D eigenvalue weighted by atomic mass is 79.9. The van der Waals surface area contributed by atoms with Crippen LogP contribution in [-0.2, 0) is 19.7 Å². The van der Waals surface area contributed by atoms with Crippen molar-refractivity contribution in [1.29, 1.82) is 0 Å². The molecule has 5 nitrogen and oxygen atoms in total. The van der Waals surface area contributed by atoms with E-state index >= 15 is 0 Å². The number of fused-ring (bicyclic) bond motifs is 1. The predicted octanol–water partition coefficient (Wildman–Crippen LogP) is 5.39. The van der Waals surface area contributed by atoms with Gasteiger partial charge in [-0.05, 0) is 63.4 Å². The first-order valence-corrected chi connectivity index (χ1v) is 10.3. The van der Waals surface area contributed by atoms with E-state index in [1.165, 1.54) is 6.92 Å². The van der Waals surface area contributed by atoms with Crippen LogP contribution in [0.5, 0.6) is 0 Å². The van der Waals surface area contributed by atoms with E-state index in [-0.39, 0.29) is 18.6 Å². The van der Waals surface area contributed by atoms with E-state index in [0.29, 0.717) is 11.3 Å². The smallest absolute Gasteiger partial charge is 0.421 e. The zero-order valence-corrected chi connectivity index (χ0v) is 18.6. The molecule has 0 bridgehead atoms. The van der Waals surface area contributed by atoms with Gasteiger partial charge in [-0.2, -0.15) is 0 Å². The first-order chi connectivity index (χ1) is 13.6. The van der Waals surface area contributed by atoms with Crippen molar-refractivity contribution in [2.45, 2.75) is 51.6 Å². The normalized spacial score (nSPS) is 18.5. The van der Waals surface area contributed by atoms with Crippen LogP contribution < -0.4 is 4.90 Å². The average molecular weight is 458 g/mol. The van der Waals surface area contributed by atoms with E-state index < -0.39 is 23.0 Å². The Balaban J connectivity index is 2.23. The lowest BCUT2D eigenvalue weighted by Crippen LogP contribution is -2.46. The molecule has 6 heteroatoms. The fourth-order valence-electron chi connectivity index (χ4n) is 3.70. The van der Waals surface area contributed by atoms with Crippen LogP contribution in [0.2, 0.25) is 0 Å². The Morgan fingerprint density at radius 2 is 1.76 bits per heavy atom. The molecule has 0 aliphatic carbocycles. The van der Waals surface area contributed by atoms with Crippen molar-refractivity contribution in [3.05, 3.63) is 64.1 Å². The van der Waals surface area contributed by atoms with Gasteiger partial charge in [-0.1, -0.05) is 46.3 Å². The van der Waals surface area contributed by atoms with E-state index in [1.54, 1.807) is 32.9 Å². The topological polar surface area (TPSA) is 63.7 Å². The number of rotatable bonds is 4. The van der Waals surface area contributed by atoms with Crippen molar-refractivity contribution >= 4 is 39.4 Å². The number of ketones is 1. The number of Topliss-reactive ketones (excluding diaryl/α,β-unsaturated/α-hetero) is 1. The lowest BCUT2D eigenvalue weighted by molar-refractivity contribution is -0.122. The molecule has 0 unspecified atom stereocenters. The Bertz CT molecular complexity index is 965. The second kappa shape index (κ2) is 7.75. The van der Waals surface area contributed by atoms with Gasteiger partial charge in [0.15, 0.2) is 0 Å². The molecule has 0 saturated carbocycles. The van der Waals surface area contributed by atoms with Crippen LogP contribution in [0.25, 0.3) is 0 Å². The number of anilines is 1. The molecule has 0 spiro atoms. The molecule has 29 heavy (non-hydrogen) atoms. The maximum absolute atomic E-state index is 13.8. The monoisotopic (exact) mass is 457 g/mol. The standard InChI is InChI=1S/C23H24BrNO4/c1-15(26)12-13-23(16-8-6-5-7-9-16)18-14-17(24)10-11-19(18)25(20(23)27)21(28)29-22(2,3)4/h5-11,14H,12-13H2,1-4H3/t23-/m1/s1. The van der Waals surface area contributed by atoms with Gasteiger partial charge >= 0.3 is 6.09 Å². The van der Waals surface area contributed by atoms with E-state index in [2.05, 4.69) is 15.9 Å². The number of ether oxygens (including phenoxy) is 1. The molecule has 1 aliphatic rings. The molecule has 0 fully saturated rings. The first-order valence-electron chi connectivity index (χ1n) is 9.49. The molecule has 0 aromatic heterocycles. The molecule has 0 N–H and O–H groups in total. The van der Waals surface area contributed by atoms with Crippen molar-refractivity contribution in [1.82, 2.24) is 0 Å². The highest BCUT2D eigenvalue weighted by Gasteiger charge is 2.54. The molecular formula is C23H24BrNO4. The molecule has 2 aromatic carbocycles. The maximum atomic E-state index is 13.8. The van der Waals surface area contributed by atoms with E-state index in [4.69, 9.17) is 4.74 Å². The fraction of sp³-hybridized carbons (Fsp3) is 0.348. The lowest BCUT2D eigenvalue weighted by atomic mass is 9.72. The highest BCUT2D eigenvalue weighted by Crippen LogP contribution is 2.50. The van der Waals surface area contributed by atoms with Gasteiger partial charge < -0.3 is 9.53 Å². The van der Waals surface area contributed by atoms with Gasteiger partial charge in [-0.15, -0.1) is 0 Å². The summed E-state index contributed by atoms with van der Waals surface area (Å²) in [4.78, 5) is 39.8. The Morgan fingerprint density at radius 1 is 1.10 bits per heavy atom. The van der Waals surface area contributed by atoms with Crippen LogP contribution in [0.15, 0.2) is 53.0 Å². The van der Waals surface area contributed by atoms with Crippen molar-refractivity contribution in [2.75, 3.05) is 4.90 Å². The molecule has 2 amide bonds. The third kappa shape index (κ3) is 3.99. The molecule has 0 saturated heterocycles. The highest BCUT2D eigenvalue weighted by molar-refractivity contribution is 9.10. The average Bonchev–Trinajstić information content (AvgIpc) is 2.87. The summed E-state index contributed by atoms with van der Waals surface area (Å²) < 4.78 is 6.31. The number of nitrogens with zero attached hydrogens (tertiary/aromatic N) is 1. The number of imide groups is 1. The third-order valence-corrected chi connectivity index (χ3v) is 5.42. The van der Waals surface area contributed by atoms with E-state index in [1.807, 2.05) is 36.4 Å². The zero-order chi connectivity index (χ0) is 21.4. The molecule has 1 heterocycles. The minimum absolute atomic E-state index is 0.0135. The molecule has 152 valence electrons. The van der Waals surface area contributed by atoms with Gasteiger partial charge in [0.1, 0.15) is 16.8 Å². The number of hydrogen-bond acceptors (Lipinski definition) is 4. The van der Waals surface area contributed by atoms with Crippen LogP contribution in [0.1, 0.15) is 51.7 Å². The number of carbonyl (C=O) groups excluding carboxylic acids is 3. The maximum Gasteiger partial charge on any atom is 0.421 e. The second-order valence-corrected chi connectivity index (χ2v) is 9.17. The van der Waals surface area contributed by atoms with Crippen molar-refractivity contribution in [3.8, 4) is 0 Å². The van der Waals surface area contributed by atoms with Gasteiger partial charge in [0.25, 0.3) is 5.91 Å². The van der Waals surface area contributed by atoms with Gasteiger partial charge in [0.2, 0.25) is 0 Å². The SMILES string of the molecule is CC(=O)CC[C@]1(c2ccccc2)C(=O)N(C(=O)OC(C)(C)C)c2ccc(Br)cc21. The summed E-state index contributed by atoms with van der Waals surface area (Å²) in [5, 5.41) is 0. The Kier molecular flexibility index (Phi) is 5.68. The van der Waals surface area contributed by atoms with Gasteiger partial charge in [0, 0.05) is 10.9 Å². The number of amides is 2. The van der Waals surface area contributed by atoms with E-state index in [9.17, 15) is 14.4 Å². The van der Waals surface area contributed by atoms with Crippen LogP contribution in [-0.4, -0.2) is 23.4 Å². The van der Waals surface area contributed by atoms with E-state index in [0.717, 1.165) is 14.9 Å². The first kappa shape index (κ1) is 21.2. The number of carbonyl (C=O) groups is 3. The molecule has 2 aromatic rings. The minimum Gasteiger partial charge on any atom is -0.443 e. The minimum atomic E-state index is -1.14. The predicted molar refractivity (Wildman–Crippen MR) is 115 cm³/mol. The third-order valence-electron chi connectivity index (χ3n) is 4.92. The van der Waals surface area contributed by atoms with Crippen molar-refractivity contribution in [2.24, 2.45) is 0 Å². The Morgan fingerprint density at radius 3 is 2.34 bits per heavy atom. The molecule has 1 aliphatic heterocycles. The summed E-state index contributed by atoms with van der Waals surface area (Å²) >= 11 is 3.48. The van der Waals surface area contributed by atoms with Crippen LogP contribution in [0.4, 0.5) is 10.5 Å². The largest absolute Gasteiger partial charge is 0.443 e. The van der Waals surface area contributed by atoms with Crippen molar-refractivity contribution < 1.29 is 19.1 Å². The molecule has 1 atom stereocenters. The molecular weight excluding hydrogens is 434 g/mol. The lowest BCUT2D eigenvalue weighted by Gasteiger charge is -2.29. The summed E-state index contributed by atoms with van der Waals surface area (Å²) in [6, 6.07) is 14.7. The number of benzene rings is 2. The number of halogens is 1. The van der Waals surface area contributed by atoms with Gasteiger partial charge in [-0.25, -0.2) is 9.69 Å². The van der Waals surface area contributed by atoms with Crippen molar-refractivity contribution in [3.63, 3.8) is 0 Å². The van der Waals surface area contributed by atoms with Gasteiger partial charge in [0.05, 0.1) is 5.69 Å². The second-order valence-electron chi connectivity index (χ2n) is 8.26. The van der Waals surface area contributed by atoms with Crippen LogP contribution in [0, 0.1) is 0 Å². The Labute approximate surface area is 179 Å². The summed E-state index contributed by atoms with van der Waals surface area (Å²) in [5.41, 5.74) is 0.0411. The quantitative estimate of drug-likeness (QED) is 0.617.